The number of carboxylic acid groups (broad SMARTS) is 1. The molecule has 1 aromatic heterocycles. The van der Waals surface area contributed by atoms with Crippen molar-refractivity contribution in [2.75, 3.05) is 0 Å². The van der Waals surface area contributed by atoms with Gasteiger partial charge >= 0.3 is 5.97 Å². The van der Waals surface area contributed by atoms with Gasteiger partial charge in [0, 0.05) is 22.6 Å². The average molecular weight is 272 g/mol. The second-order valence-corrected chi connectivity index (χ2v) is 6.08. The van der Waals surface area contributed by atoms with Crippen molar-refractivity contribution >= 4 is 16.8 Å². The van der Waals surface area contributed by atoms with Crippen molar-refractivity contribution in [2.45, 2.75) is 51.2 Å². The largest absolute Gasteiger partial charge is 0.481 e. The molecule has 2 unspecified atom stereocenters. The first kappa shape index (κ1) is 14.9. The molecule has 1 heterocycles. The third-order valence-corrected chi connectivity index (χ3v) is 4.42. The number of aliphatic carboxylic acids is 1. The fourth-order valence-corrected chi connectivity index (χ4v) is 2.84. The van der Waals surface area contributed by atoms with Gasteiger partial charge in [-0.1, -0.05) is 13.8 Å². The lowest BCUT2D eigenvalue weighted by atomic mass is 10.3. The van der Waals surface area contributed by atoms with E-state index in [1.165, 1.54) is 0 Å². The van der Waals surface area contributed by atoms with Gasteiger partial charge in [0.2, 0.25) is 0 Å². The van der Waals surface area contributed by atoms with Gasteiger partial charge < -0.3 is 5.11 Å². The zero-order valence-electron chi connectivity index (χ0n) is 11.0. The van der Waals surface area contributed by atoms with Gasteiger partial charge in [0.05, 0.1) is 23.6 Å². The molecule has 6 heteroatoms. The Morgan fingerprint density at radius 3 is 2.72 bits per heavy atom. The third-order valence-electron chi connectivity index (χ3n) is 2.78. The Hall–Kier alpha value is -1.17. The van der Waals surface area contributed by atoms with Crippen molar-refractivity contribution in [3.8, 4) is 0 Å². The summed E-state index contributed by atoms with van der Waals surface area (Å²) < 4.78 is 13.9. The Morgan fingerprint density at radius 1 is 1.56 bits per heavy atom. The topological polar surface area (TPSA) is 72.2 Å². The Bertz CT molecular complexity index is 443. The first-order chi connectivity index (χ1) is 8.47. The molecule has 0 fully saturated rings. The molecule has 0 radical (unpaired) electrons. The van der Waals surface area contributed by atoms with Gasteiger partial charge in [-0.25, -0.2) is 0 Å². The molecule has 1 aromatic rings. The molecule has 0 aliphatic carbocycles. The Balaban J connectivity index is 2.74. The molecule has 1 rings (SSSR count). The molecule has 2 atom stereocenters. The van der Waals surface area contributed by atoms with Crippen molar-refractivity contribution < 1.29 is 14.1 Å². The number of carboxylic acids is 1. The van der Waals surface area contributed by atoms with E-state index in [-0.39, 0.29) is 11.7 Å². The van der Waals surface area contributed by atoms with Crippen LogP contribution in [0.4, 0.5) is 0 Å². The average Bonchev–Trinajstić information content (AvgIpc) is 2.70. The summed E-state index contributed by atoms with van der Waals surface area (Å²) >= 11 is 0. The standard InChI is InChI=1S/C12H20N2O3S/c1-4-10-7-11(14(5-2)13-10)8-18(17)9(3)6-12(15)16/h7,9H,4-6,8H2,1-3H3,(H,15,16). The Labute approximate surface area is 110 Å². The van der Waals surface area contributed by atoms with E-state index >= 15 is 0 Å². The van der Waals surface area contributed by atoms with Crippen LogP contribution in [0.2, 0.25) is 0 Å². The monoisotopic (exact) mass is 272 g/mol. The lowest BCUT2D eigenvalue weighted by Gasteiger charge is -2.09. The van der Waals surface area contributed by atoms with Crippen LogP contribution < -0.4 is 0 Å². The van der Waals surface area contributed by atoms with Crippen LogP contribution >= 0.6 is 0 Å². The molecule has 18 heavy (non-hydrogen) atoms. The summed E-state index contributed by atoms with van der Waals surface area (Å²) in [7, 11) is -1.18. The van der Waals surface area contributed by atoms with Crippen LogP contribution in [-0.4, -0.2) is 30.3 Å². The highest BCUT2D eigenvalue weighted by molar-refractivity contribution is 7.84. The molecule has 5 nitrogen and oxygen atoms in total. The predicted octanol–water partition coefficient (Wildman–Crippen LogP) is 1.58. The van der Waals surface area contributed by atoms with Crippen LogP contribution in [0.1, 0.15) is 38.6 Å². The maximum Gasteiger partial charge on any atom is 0.304 e. The van der Waals surface area contributed by atoms with Crippen LogP contribution in [0.5, 0.6) is 0 Å². The number of nitrogens with zero attached hydrogens (tertiary/aromatic N) is 2. The molecule has 0 aliphatic rings. The van der Waals surface area contributed by atoms with E-state index in [0.29, 0.717) is 5.75 Å². The minimum Gasteiger partial charge on any atom is -0.481 e. The summed E-state index contributed by atoms with van der Waals surface area (Å²) in [5.74, 6) is -0.538. The van der Waals surface area contributed by atoms with E-state index in [1.807, 2.05) is 24.6 Å². The first-order valence-corrected chi connectivity index (χ1v) is 7.50. The van der Waals surface area contributed by atoms with Gasteiger partial charge in [-0.15, -0.1) is 0 Å². The number of hydrogen-bond acceptors (Lipinski definition) is 3. The highest BCUT2D eigenvalue weighted by Crippen LogP contribution is 2.12. The Morgan fingerprint density at radius 2 is 2.22 bits per heavy atom. The van der Waals surface area contributed by atoms with E-state index in [1.54, 1.807) is 6.92 Å². The van der Waals surface area contributed by atoms with Crippen LogP contribution in [-0.2, 0) is 34.3 Å². The van der Waals surface area contributed by atoms with Crippen molar-refractivity contribution in [1.82, 2.24) is 9.78 Å². The summed E-state index contributed by atoms with van der Waals surface area (Å²) in [6.07, 6.45) is 0.783. The van der Waals surface area contributed by atoms with E-state index < -0.39 is 16.8 Å². The second-order valence-electron chi connectivity index (χ2n) is 4.23. The SMILES string of the molecule is CCc1cc(CS(=O)C(C)CC(=O)O)n(CC)n1. The molecule has 0 saturated carbocycles. The molecule has 0 aliphatic heterocycles. The van der Waals surface area contributed by atoms with Gasteiger partial charge in [0.25, 0.3) is 0 Å². The molecule has 0 saturated heterocycles. The lowest BCUT2D eigenvalue weighted by Crippen LogP contribution is -2.18. The number of aryl methyl sites for hydroxylation is 2. The number of hydrogen-bond donors (Lipinski definition) is 1. The van der Waals surface area contributed by atoms with Crippen LogP contribution in [0.15, 0.2) is 6.07 Å². The van der Waals surface area contributed by atoms with Crippen molar-refractivity contribution in [3.63, 3.8) is 0 Å². The zero-order valence-corrected chi connectivity index (χ0v) is 11.9. The fraction of sp³-hybridized carbons (Fsp3) is 0.667. The van der Waals surface area contributed by atoms with Crippen LogP contribution in [0.3, 0.4) is 0 Å². The van der Waals surface area contributed by atoms with E-state index in [0.717, 1.165) is 24.4 Å². The predicted molar refractivity (Wildman–Crippen MR) is 70.8 cm³/mol. The normalized spacial score (nSPS) is 14.4. The molecule has 102 valence electrons. The summed E-state index contributed by atoms with van der Waals surface area (Å²) in [6.45, 7) is 6.45. The lowest BCUT2D eigenvalue weighted by molar-refractivity contribution is -0.136. The molecule has 0 spiro atoms. The minimum absolute atomic E-state index is 0.0620. The second kappa shape index (κ2) is 6.68. The van der Waals surface area contributed by atoms with Gasteiger partial charge in [-0.3, -0.25) is 13.7 Å². The van der Waals surface area contributed by atoms with Gasteiger partial charge in [-0.2, -0.15) is 5.10 Å². The maximum atomic E-state index is 12.0. The van der Waals surface area contributed by atoms with Crippen LogP contribution in [0, 0.1) is 0 Å². The van der Waals surface area contributed by atoms with Gasteiger partial charge in [0.1, 0.15) is 0 Å². The zero-order chi connectivity index (χ0) is 13.7. The van der Waals surface area contributed by atoms with Crippen molar-refractivity contribution in [2.24, 2.45) is 0 Å². The number of aromatic nitrogens is 2. The summed E-state index contributed by atoms with van der Waals surface area (Å²) in [5, 5.41) is 12.7. The number of carbonyl (C=O) groups is 1. The van der Waals surface area contributed by atoms with E-state index in [2.05, 4.69) is 5.10 Å². The third kappa shape index (κ3) is 3.94. The van der Waals surface area contributed by atoms with Crippen LogP contribution in [0.25, 0.3) is 0 Å². The maximum absolute atomic E-state index is 12.0. The van der Waals surface area contributed by atoms with E-state index in [4.69, 9.17) is 5.11 Å². The summed E-state index contributed by atoms with van der Waals surface area (Å²) in [5.41, 5.74) is 1.90. The number of rotatable bonds is 7. The minimum atomic E-state index is -1.18. The highest BCUT2D eigenvalue weighted by Gasteiger charge is 2.17. The summed E-state index contributed by atoms with van der Waals surface area (Å²) in [6, 6.07) is 1.95. The molecular formula is C12H20N2O3S. The first-order valence-electron chi connectivity index (χ1n) is 6.12. The molecule has 0 bridgehead atoms. The van der Waals surface area contributed by atoms with Crippen molar-refractivity contribution in [1.29, 1.82) is 0 Å². The molecular weight excluding hydrogens is 252 g/mol. The van der Waals surface area contributed by atoms with Gasteiger partial charge in [0.15, 0.2) is 0 Å². The smallest absolute Gasteiger partial charge is 0.304 e. The highest BCUT2D eigenvalue weighted by atomic mass is 32.2. The Kier molecular flexibility index (Phi) is 5.53. The molecule has 1 N–H and O–H groups in total. The van der Waals surface area contributed by atoms with Gasteiger partial charge in [-0.05, 0) is 19.4 Å². The quantitative estimate of drug-likeness (QED) is 0.818. The van der Waals surface area contributed by atoms with Crippen molar-refractivity contribution in [3.05, 3.63) is 17.5 Å². The molecule has 0 aromatic carbocycles. The molecule has 0 amide bonds. The van der Waals surface area contributed by atoms with E-state index in [9.17, 15) is 9.00 Å². The summed E-state index contributed by atoms with van der Waals surface area (Å²) in [4.78, 5) is 10.6. The fourth-order valence-electron chi connectivity index (χ4n) is 1.70.